The Morgan fingerprint density at radius 1 is 0.500 bits per heavy atom. The van der Waals surface area contributed by atoms with E-state index in [1.165, 1.54) is 24.3 Å². The normalized spacial score (nSPS) is 13.3. The largest absolute Gasteiger partial charge is 0.388 e. The average Bonchev–Trinajstić information content (AvgIpc) is 3.11. The minimum absolute atomic E-state index is 0.0646. The third kappa shape index (κ3) is 9.80. The van der Waals surface area contributed by atoms with E-state index in [9.17, 15) is 39.6 Å². The molecule has 0 aromatic heterocycles. The number of carbonyl (C=O) groups excluding carboxylic acids is 4. The summed E-state index contributed by atoms with van der Waals surface area (Å²) in [4.78, 5) is 51.0. The highest BCUT2D eigenvalue weighted by atomic mass is 16.3. The highest BCUT2D eigenvalue weighted by Crippen LogP contribution is 2.20. The quantitative estimate of drug-likeness (QED) is 0.0947. The van der Waals surface area contributed by atoms with Gasteiger partial charge in [-0.15, -0.1) is 0 Å². The molecule has 8 N–H and O–H groups in total. The van der Waals surface area contributed by atoms with Crippen molar-refractivity contribution in [1.29, 1.82) is 0 Å². The Kier molecular flexibility index (Phi) is 12.9. The summed E-state index contributed by atoms with van der Waals surface area (Å²) in [5.41, 5.74) is 1.90. The van der Waals surface area contributed by atoms with Gasteiger partial charge < -0.3 is 41.7 Å². The lowest BCUT2D eigenvalue weighted by Gasteiger charge is -2.33. The highest BCUT2D eigenvalue weighted by molar-refractivity contribution is 6.05. The van der Waals surface area contributed by atoms with E-state index < -0.39 is 61.1 Å². The van der Waals surface area contributed by atoms with E-state index in [1.807, 2.05) is 12.1 Å². The van der Waals surface area contributed by atoms with Gasteiger partial charge in [0.15, 0.2) is 0 Å². The summed E-state index contributed by atoms with van der Waals surface area (Å²) >= 11 is 0. The summed E-state index contributed by atoms with van der Waals surface area (Å²) in [7, 11) is 0. The standard InChI is InChI=1S/C36H38N4O8/c41-21-31(43)37-27-17-9-7-15-25(27)35(47)39-29(19-23-11-3-1-4-12-23)33(45)34(46)30(20-24-13-5-2-6-14-24)40-36(48)26-16-8-10-18-28(26)38-32(44)22-42/h1-18,29-30,33-34,41-42,45-46H,19-22H2,(H,37,43)(H,38,44)(H,39,47)(H,40,48)/t29-,30-,33-,34+/m0/s1. The summed E-state index contributed by atoms with van der Waals surface area (Å²) in [5, 5.41) is 52.3. The molecule has 48 heavy (non-hydrogen) atoms. The van der Waals surface area contributed by atoms with E-state index >= 15 is 0 Å². The van der Waals surface area contributed by atoms with Crippen LogP contribution in [0, 0.1) is 0 Å². The maximum absolute atomic E-state index is 13.6. The van der Waals surface area contributed by atoms with Crippen LogP contribution in [0.5, 0.6) is 0 Å². The van der Waals surface area contributed by atoms with Gasteiger partial charge >= 0.3 is 0 Å². The molecule has 0 aliphatic rings. The molecule has 0 spiro atoms. The molecule has 0 saturated heterocycles. The van der Waals surface area contributed by atoms with E-state index in [0.29, 0.717) is 0 Å². The molecule has 12 nitrogen and oxygen atoms in total. The van der Waals surface area contributed by atoms with Crippen molar-refractivity contribution < 1.29 is 39.6 Å². The predicted octanol–water partition coefficient (Wildman–Crippen LogP) is 1.65. The molecule has 4 atom stereocenters. The highest BCUT2D eigenvalue weighted by Gasteiger charge is 2.35. The molecular formula is C36H38N4O8. The Balaban J connectivity index is 1.65. The van der Waals surface area contributed by atoms with E-state index in [-0.39, 0.29) is 35.3 Å². The van der Waals surface area contributed by atoms with Crippen LogP contribution < -0.4 is 21.3 Å². The average molecular weight is 655 g/mol. The number of aliphatic hydroxyl groups is 4. The van der Waals surface area contributed by atoms with Crippen molar-refractivity contribution in [2.75, 3.05) is 23.8 Å². The Labute approximate surface area is 277 Å². The third-order valence-electron chi connectivity index (χ3n) is 7.58. The Bertz CT molecular complexity index is 1560. The van der Waals surface area contributed by atoms with Gasteiger partial charge in [0, 0.05) is 0 Å². The van der Waals surface area contributed by atoms with Gasteiger partial charge in [-0.25, -0.2) is 0 Å². The molecule has 0 fully saturated rings. The van der Waals surface area contributed by atoms with E-state index in [1.54, 1.807) is 72.8 Å². The fourth-order valence-electron chi connectivity index (χ4n) is 5.18. The lowest BCUT2D eigenvalue weighted by molar-refractivity contribution is -0.119. The molecule has 0 radical (unpaired) electrons. The number of anilines is 2. The van der Waals surface area contributed by atoms with Gasteiger partial charge in [0.05, 0.1) is 34.6 Å². The molecule has 4 amide bonds. The second-order valence-electron chi connectivity index (χ2n) is 11.0. The number of hydrogen-bond donors (Lipinski definition) is 8. The molecule has 4 aromatic rings. The lowest BCUT2D eigenvalue weighted by Crippen LogP contribution is -2.57. The number of benzene rings is 4. The van der Waals surface area contributed by atoms with Crippen molar-refractivity contribution >= 4 is 35.0 Å². The first-order valence-corrected chi connectivity index (χ1v) is 15.2. The summed E-state index contributed by atoms with van der Waals surface area (Å²) in [6.07, 6.45) is -3.05. The maximum atomic E-state index is 13.6. The fourth-order valence-corrected chi connectivity index (χ4v) is 5.18. The van der Waals surface area contributed by atoms with E-state index in [2.05, 4.69) is 21.3 Å². The number of aliphatic hydroxyl groups excluding tert-OH is 4. The van der Waals surface area contributed by atoms with Gasteiger partial charge in [0.1, 0.15) is 25.4 Å². The van der Waals surface area contributed by atoms with Gasteiger partial charge in [-0.05, 0) is 48.2 Å². The zero-order valence-corrected chi connectivity index (χ0v) is 26.0. The first kappa shape index (κ1) is 35.5. The van der Waals surface area contributed by atoms with Crippen LogP contribution in [0.4, 0.5) is 11.4 Å². The molecule has 12 heteroatoms. The summed E-state index contributed by atoms with van der Waals surface area (Å²) in [6, 6.07) is 28.2. The minimum atomic E-state index is -1.62. The summed E-state index contributed by atoms with van der Waals surface area (Å²) in [6.45, 7) is -1.57. The van der Waals surface area contributed by atoms with Crippen LogP contribution in [0.2, 0.25) is 0 Å². The Morgan fingerprint density at radius 3 is 1.19 bits per heavy atom. The molecule has 0 aliphatic heterocycles. The Hall–Kier alpha value is -5.40. The van der Waals surface area contributed by atoms with E-state index in [0.717, 1.165) is 11.1 Å². The van der Waals surface area contributed by atoms with Gasteiger partial charge in [-0.1, -0.05) is 84.9 Å². The molecular weight excluding hydrogens is 616 g/mol. The summed E-state index contributed by atoms with van der Waals surface area (Å²) in [5.74, 6) is -2.76. The second kappa shape index (κ2) is 17.5. The predicted molar refractivity (Wildman–Crippen MR) is 179 cm³/mol. The van der Waals surface area contributed by atoms with Crippen molar-refractivity contribution in [1.82, 2.24) is 10.6 Å². The van der Waals surface area contributed by atoms with Gasteiger partial charge in [-0.2, -0.15) is 0 Å². The zero-order valence-electron chi connectivity index (χ0n) is 26.0. The Morgan fingerprint density at radius 2 is 0.833 bits per heavy atom. The van der Waals surface area contributed by atoms with Crippen LogP contribution in [0.3, 0.4) is 0 Å². The van der Waals surface area contributed by atoms with Crippen molar-refractivity contribution in [2.45, 2.75) is 37.1 Å². The van der Waals surface area contributed by atoms with Gasteiger partial charge in [0.2, 0.25) is 11.8 Å². The van der Waals surface area contributed by atoms with Crippen molar-refractivity contribution in [3.8, 4) is 0 Å². The number of carbonyl (C=O) groups is 4. The van der Waals surface area contributed by atoms with Gasteiger partial charge in [-0.3, -0.25) is 19.2 Å². The van der Waals surface area contributed by atoms with Crippen molar-refractivity contribution in [3.05, 3.63) is 131 Å². The van der Waals surface area contributed by atoms with Crippen molar-refractivity contribution in [2.24, 2.45) is 0 Å². The van der Waals surface area contributed by atoms with Crippen LogP contribution in [0.1, 0.15) is 31.8 Å². The molecule has 0 bridgehead atoms. The number of hydrogen-bond acceptors (Lipinski definition) is 8. The zero-order chi connectivity index (χ0) is 34.5. The number of nitrogens with one attached hydrogen (secondary N) is 4. The van der Waals surface area contributed by atoms with Crippen LogP contribution in [-0.4, -0.2) is 81.6 Å². The summed E-state index contributed by atoms with van der Waals surface area (Å²) < 4.78 is 0. The molecule has 0 saturated carbocycles. The van der Waals surface area contributed by atoms with Crippen LogP contribution in [-0.2, 0) is 22.4 Å². The van der Waals surface area contributed by atoms with Crippen molar-refractivity contribution in [3.63, 3.8) is 0 Å². The SMILES string of the molecule is O=C(CO)Nc1ccccc1C(=O)N[C@@H](Cc1ccccc1)[C@H](O)[C@H](O)[C@H](Cc1ccccc1)NC(=O)c1ccccc1NC(=O)CO. The minimum Gasteiger partial charge on any atom is -0.388 e. The first-order chi connectivity index (χ1) is 23.2. The maximum Gasteiger partial charge on any atom is 0.253 e. The van der Waals surface area contributed by atoms with Crippen LogP contribution in [0.25, 0.3) is 0 Å². The molecule has 0 aliphatic carbocycles. The number of para-hydroxylation sites is 2. The smallest absolute Gasteiger partial charge is 0.253 e. The molecule has 4 rings (SSSR count). The van der Waals surface area contributed by atoms with Gasteiger partial charge in [0.25, 0.3) is 11.8 Å². The molecule has 0 heterocycles. The molecule has 250 valence electrons. The topological polar surface area (TPSA) is 197 Å². The third-order valence-corrected chi connectivity index (χ3v) is 7.58. The molecule has 4 aromatic carbocycles. The van der Waals surface area contributed by atoms with Crippen LogP contribution in [0.15, 0.2) is 109 Å². The van der Waals surface area contributed by atoms with Crippen LogP contribution >= 0.6 is 0 Å². The molecule has 0 unspecified atom stereocenters. The van der Waals surface area contributed by atoms with E-state index in [4.69, 9.17) is 0 Å². The first-order valence-electron chi connectivity index (χ1n) is 15.2. The number of amides is 4. The lowest BCUT2D eigenvalue weighted by atomic mass is 9.90. The fraction of sp³-hybridized carbons (Fsp3) is 0.222. The number of rotatable bonds is 15. The second-order valence-corrected chi connectivity index (χ2v) is 11.0. The monoisotopic (exact) mass is 654 g/mol.